The lowest BCUT2D eigenvalue weighted by molar-refractivity contribution is 0.0328. The molecule has 2 aliphatic heterocycles. The van der Waals surface area contributed by atoms with Gasteiger partial charge in [-0.2, -0.15) is 0 Å². The molecular weight excluding hydrogens is 274 g/mol. The van der Waals surface area contributed by atoms with Crippen molar-refractivity contribution in [1.29, 1.82) is 0 Å². The summed E-state index contributed by atoms with van der Waals surface area (Å²) in [5.41, 5.74) is 0. The van der Waals surface area contributed by atoms with Gasteiger partial charge in [-0.1, -0.05) is 0 Å². The third-order valence-electron chi connectivity index (χ3n) is 4.38. The summed E-state index contributed by atoms with van der Waals surface area (Å²) in [4.78, 5) is 16.8. The lowest BCUT2D eigenvalue weighted by Crippen LogP contribution is -2.55. The molecule has 2 unspecified atom stereocenters. The van der Waals surface area contributed by atoms with E-state index in [-0.39, 0.29) is 11.7 Å². The zero-order valence-electron chi connectivity index (χ0n) is 12.4. The fourth-order valence-electron chi connectivity index (χ4n) is 3.33. The summed E-state index contributed by atoms with van der Waals surface area (Å²) in [5, 5.41) is 3.69. The summed E-state index contributed by atoms with van der Waals surface area (Å²) >= 11 is 0. The minimum atomic E-state index is -0.103. The highest BCUT2D eigenvalue weighted by molar-refractivity contribution is 5.91. The van der Waals surface area contributed by atoms with Crippen LogP contribution < -0.4 is 4.74 Å². The van der Waals surface area contributed by atoms with E-state index in [9.17, 15) is 4.79 Å². The van der Waals surface area contributed by atoms with Crippen LogP contribution in [0.5, 0.6) is 5.88 Å². The van der Waals surface area contributed by atoms with Gasteiger partial charge in [-0.05, 0) is 18.0 Å². The number of amides is 1. The van der Waals surface area contributed by atoms with E-state index in [0.29, 0.717) is 18.0 Å². The molecule has 2 bridgehead atoms. The van der Waals surface area contributed by atoms with Gasteiger partial charge in [-0.15, -0.1) is 0 Å². The van der Waals surface area contributed by atoms with E-state index >= 15 is 0 Å². The van der Waals surface area contributed by atoms with Crippen LogP contribution in [0.3, 0.4) is 0 Å². The van der Waals surface area contributed by atoms with E-state index in [1.165, 1.54) is 7.11 Å². The zero-order chi connectivity index (χ0) is 14.8. The van der Waals surface area contributed by atoms with Gasteiger partial charge in [0.15, 0.2) is 0 Å². The van der Waals surface area contributed by atoms with Gasteiger partial charge in [0.25, 0.3) is 11.8 Å². The molecule has 3 rings (SSSR count). The van der Waals surface area contributed by atoms with Gasteiger partial charge in [-0.25, -0.2) is 0 Å². The number of hydrogen-bond donors (Lipinski definition) is 0. The maximum absolute atomic E-state index is 12.5. The first-order chi connectivity index (χ1) is 10.2. The Morgan fingerprint density at radius 2 is 2.10 bits per heavy atom. The Bertz CT molecular complexity index is 490. The first kappa shape index (κ1) is 14.3. The standard InChI is InChI=1S/C14H21N3O4/c1-19-6-5-17-10-3-4-11(17)9-16(8-10)14(18)12-7-13(20-2)15-21-12/h7,10-11H,3-6,8-9H2,1-2H3. The molecule has 7 heteroatoms. The Morgan fingerprint density at radius 3 is 2.67 bits per heavy atom. The van der Waals surface area contributed by atoms with Gasteiger partial charge in [-0.3, -0.25) is 9.69 Å². The molecule has 0 saturated carbocycles. The third kappa shape index (κ3) is 2.75. The van der Waals surface area contributed by atoms with E-state index < -0.39 is 0 Å². The van der Waals surface area contributed by atoms with Crippen LogP contribution in [0.15, 0.2) is 10.6 Å². The van der Waals surface area contributed by atoms with Gasteiger partial charge in [0.2, 0.25) is 5.76 Å². The van der Waals surface area contributed by atoms with Gasteiger partial charge >= 0.3 is 0 Å². The van der Waals surface area contributed by atoms with Crippen molar-refractivity contribution in [3.63, 3.8) is 0 Å². The van der Waals surface area contributed by atoms with Crippen LogP contribution >= 0.6 is 0 Å². The number of rotatable bonds is 5. The van der Waals surface area contributed by atoms with Crippen LogP contribution in [0.2, 0.25) is 0 Å². The molecule has 1 aromatic rings. The molecule has 116 valence electrons. The molecule has 0 spiro atoms. The van der Waals surface area contributed by atoms with Gasteiger partial charge < -0.3 is 18.9 Å². The molecule has 2 aliphatic rings. The molecule has 1 amide bonds. The molecule has 2 saturated heterocycles. The molecule has 2 atom stereocenters. The Morgan fingerprint density at radius 1 is 1.38 bits per heavy atom. The first-order valence-corrected chi connectivity index (χ1v) is 7.27. The highest BCUT2D eigenvalue weighted by Crippen LogP contribution is 2.30. The van der Waals surface area contributed by atoms with E-state index in [0.717, 1.165) is 39.1 Å². The number of piperazine rings is 1. The first-order valence-electron chi connectivity index (χ1n) is 7.27. The van der Waals surface area contributed by atoms with Crippen molar-refractivity contribution >= 4 is 5.91 Å². The van der Waals surface area contributed by atoms with Crippen molar-refractivity contribution in [1.82, 2.24) is 15.0 Å². The smallest absolute Gasteiger partial charge is 0.292 e. The SMILES string of the molecule is COCCN1C2CCC1CN(C(=O)c1cc(OC)no1)C2. The average molecular weight is 295 g/mol. The Labute approximate surface area is 123 Å². The monoisotopic (exact) mass is 295 g/mol. The summed E-state index contributed by atoms with van der Waals surface area (Å²) < 4.78 is 15.2. The van der Waals surface area contributed by atoms with Crippen molar-refractivity contribution < 1.29 is 18.8 Å². The molecule has 0 radical (unpaired) electrons. The molecule has 1 aromatic heterocycles. The van der Waals surface area contributed by atoms with Crippen LogP contribution in [0.25, 0.3) is 0 Å². The summed E-state index contributed by atoms with van der Waals surface area (Å²) in [6.45, 7) is 3.15. The molecule has 3 heterocycles. The number of carbonyl (C=O) groups is 1. The second kappa shape index (κ2) is 6.03. The quantitative estimate of drug-likeness (QED) is 0.793. The Kier molecular flexibility index (Phi) is 4.12. The summed E-state index contributed by atoms with van der Waals surface area (Å²) in [6.07, 6.45) is 2.27. The number of likely N-dealkylation sites (tertiary alicyclic amines) is 1. The van der Waals surface area contributed by atoms with Crippen LogP contribution in [0.4, 0.5) is 0 Å². The highest BCUT2D eigenvalue weighted by Gasteiger charge is 2.41. The molecular formula is C14H21N3O4. The topological polar surface area (TPSA) is 68.0 Å². The number of hydrogen-bond acceptors (Lipinski definition) is 6. The van der Waals surface area contributed by atoms with E-state index in [2.05, 4.69) is 10.1 Å². The molecule has 7 nitrogen and oxygen atoms in total. The van der Waals surface area contributed by atoms with E-state index in [1.54, 1.807) is 13.2 Å². The molecule has 0 N–H and O–H groups in total. The maximum Gasteiger partial charge on any atom is 0.292 e. The number of methoxy groups -OCH3 is 2. The lowest BCUT2D eigenvalue weighted by Gasteiger charge is -2.40. The Hall–Kier alpha value is -1.60. The average Bonchev–Trinajstić information content (AvgIpc) is 3.06. The molecule has 0 aliphatic carbocycles. The number of aromatic nitrogens is 1. The number of nitrogens with zero attached hydrogens (tertiary/aromatic N) is 3. The Balaban J connectivity index is 1.65. The van der Waals surface area contributed by atoms with Gasteiger partial charge in [0.05, 0.1) is 19.8 Å². The van der Waals surface area contributed by atoms with E-state index in [4.69, 9.17) is 14.0 Å². The fourth-order valence-corrected chi connectivity index (χ4v) is 3.33. The second-order valence-corrected chi connectivity index (χ2v) is 5.56. The molecule has 21 heavy (non-hydrogen) atoms. The lowest BCUT2D eigenvalue weighted by atomic mass is 10.2. The molecule has 0 aromatic carbocycles. The van der Waals surface area contributed by atoms with Crippen LogP contribution in [0, 0.1) is 0 Å². The van der Waals surface area contributed by atoms with Crippen molar-refractivity contribution in [2.45, 2.75) is 24.9 Å². The normalized spacial score (nSPS) is 25.3. The predicted molar refractivity (Wildman–Crippen MR) is 74.4 cm³/mol. The summed E-state index contributed by atoms with van der Waals surface area (Å²) in [6, 6.07) is 2.39. The third-order valence-corrected chi connectivity index (χ3v) is 4.38. The predicted octanol–water partition coefficient (Wildman–Crippen LogP) is 0.618. The van der Waals surface area contributed by atoms with Crippen molar-refractivity contribution in [3.05, 3.63) is 11.8 Å². The number of ether oxygens (including phenoxy) is 2. The summed E-state index contributed by atoms with van der Waals surface area (Å²) in [5.74, 6) is 0.478. The van der Waals surface area contributed by atoms with Crippen molar-refractivity contribution in [2.75, 3.05) is 40.5 Å². The minimum absolute atomic E-state index is 0.103. The number of fused-ring (bicyclic) bond motifs is 2. The molecule has 2 fully saturated rings. The largest absolute Gasteiger partial charge is 0.479 e. The summed E-state index contributed by atoms with van der Waals surface area (Å²) in [7, 11) is 3.22. The van der Waals surface area contributed by atoms with Crippen molar-refractivity contribution in [2.24, 2.45) is 0 Å². The van der Waals surface area contributed by atoms with E-state index in [1.807, 2.05) is 4.90 Å². The van der Waals surface area contributed by atoms with Crippen LogP contribution in [-0.2, 0) is 4.74 Å². The fraction of sp³-hybridized carbons (Fsp3) is 0.714. The highest BCUT2D eigenvalue weighted by atomic mass is 16.5. The van der Waals surface area contributed by atoms with Gasteiger partial charge in [0.1, 0.15) is 0 Å². The zero-order valence-corrected chi connectivity index (χ0v) is 12.4. The number of carbonyl (C=O) groups excluding carboxylic acids is 1. The van der Waals surface area contributed by atoms with Gasteiger partial charge in [0, 0.05) is 38.8 Å². The van der Waals surface area contributed by atoms with Crippen molar-refractivity contribution in [3.8, 4) is 5.88 Å². The van der Waals surface area contributed by atoms with Crippen LogP contribution in [-0.4, -0.2) is 73.4 Å². The maximum atomic E-state index is 12.5. The minimum Gasteiger partial charge on any atom is -0.479 e. The van der Waals surface area contributed by atoms with Crippen LogP contribution in [0.1, 0.15) is 23.4 Å². The second-order valence-electron chi connectivity index (χ2n) is 5.56.